The van der Waals surface area contributed by atoms with Crippen LogP contribution >= 0.6 is 11.6 Å². The molecule has 0 amide bonds. The Labute approximate surface area is 117 Å². The maximum absolute atomic E-state index is 5.91. The number of halogens is 1. The van der Waals surface area contributed by atoms with Gasteiger partial charge in [-0.3, -0.25) is 0 Å². The van der Waals surface area contributed by atoms with Gasteiger partial charge in [0.15, 0.2) is 0 Å². The lowest BCUT2D eigenvalue weighted by Crippen LogP contribution is -2.21. The standard InChI is InChI=1S/C16H26ClN/c1-3-5-6-7-8-13-18-16(4-2)14-9-11-15(17)12-10-14/h9-12,16,18H,3-8,13H2,1-2H3. The summed E-state index contributed by atoms with van der Waals surface area (Å²) >= 11 is 5.91. The van der Waals surface area contributed by atoms with Crippen LogP contribution in [0.1, 0.15) is 64.0 Å². The third-order valence-electron chi connectivity index (χ3n) is 3.35. The predicted molar refractivity (Wildman–Crippen MR) is 81.2 cm³/mol. The van der Waals surface area contributed by atoms with Gasteiger partial charge in [-0.05, 0) is 37.1 Å². The molecule has 18 heavy (non-hydrogen) atoms. The van der Waals surface area contributed by atoms with Crippen LogP contribution in [0, 0.1) is 0 Å². The van der Waals surface area contributed by atoms with Crippen molar-refractivity contribution in [1.29, 1.82) is 0 Å². The lowest BCUT2D eigenvalue weighted by atomic mass is 10.0. The normalized spacial score (nSPS) is 12.6. The van der Waals surface area contributed by atoms with Gasteiger partial charge >= 0.3 is 0 Å². The molecule has 0 radical (unpaired) electrons. The van der Waals surface area contributed by atoms with Crippen LogP contribution in [0.3, 0.4) is 0 Å². The summed E-state index contributed by atoms with van der Waals surface area (Å²) in [5.74, 6) is 0. The van der Waals surface area contributed by atoms with Crippen LogP contribution in [-0.4, -0.2) is 6.54 Å². The summed E-state index contributed by atoms with van der Waals surface area (Å²) in [5.41, 5.74) is 1.34. The van der Waals surface area contributed by atoms with Gasteiger partial charge in [0.25, 0.3) is 0 Å². The molecule has 0 saturated heterocycles. The first-order valence-corrected chi connectivity index (χ1v) is 7.64. The molecule has 2 heteroatoms. The van der Waals surface area contributed by atoms with Crippen molar-refractivity contribution in [1.82, 2.24) is 5.32 Å². The largest absolute Gasteiger partial charge is 0.310 e. The predicted octanol–water partition coefficient (Wildman–Crippen LogP) is 5.35. The fourth-order valence-electron chi connectivity index (χ4n) is 2.20. The van der Waals surface area contributed by atoms with Crippen molar-refractivity contribution in [2.45, 2.75) is 58.4 Å². The molecule has 1 nitrogen and oxygen atoms in total. The van der Waals surface area contributed by atoms with E-state index < -0.39 is 0 Å². The zero-order valence-electron chi connectivity index (χ0n) is 11.7. The number of hydrogen-bond acceptors (Lipinski definition) is 1. The van der Waals surface area contributed by atoms with Crippen molar-refractivity contribution in [2.75, 3.05) is 6.54 Å². The van der Waals surface area contributed by atoms with Crippen molar-refractivity contribution < 1.29 is 0 Å². The molecule has 0 spiro atoms. The molecule has 1 aromatic carbocycles. The van der Waals surface area contributed by atoms with Gasteiger partial charge in [-0.2, -0.15) is 0 Å². The highest BCUT2D eigenvalue weighted by Crippen LogP contribution is 2.19. The summed E-state index contributed by atoms with van der Waals surface area (Å²) < 4.78 is 0. The second-order valence-electron chi connectivity index (χ2n) is 4.88. The van der Waals surface area contributed by atoms with E-state index in [1.54, 1.807) is 0 Å². The summed E-state index contributed by atoms with van der Waals surface area (Å²) in [7, 11) is 0. The van der Waals surface area contributed by atoms with E-state index in [1.807, 2.05) is 12.1 Å². The first-order valence-electron chi connectivity index (χ1n) is 7.26. The van der Waals surface area contributed by atoms with Crippen LogP contribution in [0.4, 0.5) is 0 Å². The van der Waals surface area contributed by atoms with Gasteiger partial charge < -0.3 is 5.32 Å². The topological polar surface area (TPSA) is 12.0 Å². The van der Waals surface area contributed by atoms with E-state index in [0.717, 1.165) is 18.0 Å². The second kappa shape index (κ2) is 9.41. The average Bonchev–Trinajstić information content (AvgIpc) is 2.39. The smallest absolute Gasteiger partial charge is 0.0406 e. The Balaban J connectivity index is 2.27. The lowest BCUT2D eigenvalue weighted by molar-refractivity contribution is 0.495. The van der Waals surface area contributed by atoms with Crippen molar-refractivity contribution in [2.24, 2.45) is 0 Å². The minimum atomic E-state index is 0.466. The molecule has 1 N–H and O–H groups in total. The monoisotopic (exact) mass is 267 g/mol. The molecule has 0 heterocycles. The third kappa shape index (κ3) is 5.88. The first kappa shape index (κ1) is 15.5. The molecular weight excluding hydrogens is 242 g/mol. The van der Waals surface area contributed by atoms with Crippen LogP contribution in [0.2, 0.25) is 5.02 Å². The maximum atomic E-state index is 5.91. The first-order chi connectivity index (χ1) is 8.77. The summed E-state index contributed by atoms with van der Waals surface area (Å²) in [5, 5.41) is 4.45. The van der Waals surface area contributed by atoms with Crippen molar-refractivity contribution in [3.63, 3.8) is 0 Å². The van der Waals surface area contributed by atoms with Crippen molar-refractivity contribution in [3.8, 4) is 0 Å². The van der Waals surface area contributed by atoms with Crippen molar-refractivity contribution in [3.05, 3.63) is 34.9 Å². The molecule has 1 atom stereocenters. The number of benzene rings is 1. The number of unbranched alkanes of at least 4 members (excludes halogenated alkanes) is 4. The molecule has 0 aliphatic rings. The van der Waals surface area contributed by atoms with Gasteiger partial charge in [0, 0.05) is 11.1 Å². The quantitative estimate of drug-likeness (QED) is 0.595. The Morgan fingerprint density at radius 1 is 1.00 bits per heavy atom. The number of rotatable bonds is 9. The van der Waals surface area contributed by atoms with E-state index in [9.17, 15) is 0 Å². The van der Waals surface area contributed by atoms with E-state index in [1.165, 1.54) is 37.7 Å². The van der Waals surface area contributed by atoms with Gasteiger partial charge in [-0.25, -0.2) is 0 Å². The highest BCUT2D eigenvalue weighted by atomic mass is 35.5. The van der Waals surface area contributed by atoms with Crippen LogP contribution < -0.4 is 5.32 Å². The van der Waals surface area contributed by atoms with Gasteiger partial charge in [0.05, 0.1) is 0 Å². The van der Waals surface area contributed by atoms with Crippen LogP contribution in [0.25, 0.3) is 0 Å². The zero-order valence-corrected chi connectivity index (χ0v) is 12.5. The minimum Gasteiger partial charge on any atom is -0.310 e. The molecule has 1 aromatic rings. The zero-order chi connectivity index (χ0) is 13.2. The highest BCUT2D eigenvalue weighted by Gasteiger charge is 2.07. The Bertz CT molecular complexity index is 307. The molecule has 0 aliphatic heterocycles. The molecule has 0 bridgehead atoms. The van der Waals surface area contributed by atoms with E-state index in [4.69, 9.17) is 11.6 Å². The van der Waals surface area contributed by atoms with E-state index in [0.29, 0.717) is 6.04 Å². The average molecular weight is 268 g/mol. The summed E-state index contributed by atoms with van der Waals surface area (Å²) in [4.78, 5) is 0. The Kier molecular flexibility index (Phi) is 8.11. The molecule has 0 saturated carbocycles. The molecule has 1 unspecified atom stereocenters. The molecule has 0 aliphatic carbocycles. The van der Waals surface area contributed by atoms with Crippen LogP contribution in [0.15, 0.2) is 24.3 Å². The summed E-state index contributed by atoms with van der Waals surface area (Å²) in [6, 6.07) is 8.67. The fraction of sp³-hybridized carbons (Fsp3) is 0.625. The summed E-state index contributed by atoms with van der Waals surface area (Å²) in [6.07, 6.45) is 7.80. The van der Waals surface area contributed by atoms with Gasteiger partial charge in [0.2, 0.25) is 0 Å². The Morgan fingerprint density at radius 2 is 1.67 bits per heavy atom. The summed E-state index contributed by atoms with van der Waals surface area (Å²) in [6.45, 7) is 5.60. The van der Waals surface area contributed by atoms with Crippen molar-refractivity contribution >= 4 is 11.6 Å². The molecule has 1 rings (SSSR count). The van der Waals surface area contributed by atoms with E-state index in [-0.39, 0.29) is 0 Å². The number of hydrogen-bond donors (Lipinski definition) is 1. The highest BCUT2D eigenvalue weighted by molar-refractivity contribution is 6.30. The third-order valence-corrected chi connectivity index (χ3v) is 3.60. The number of nitrogens with one attached hydrogen (secondary N) is 1. The molecular formula is C16H26ClN. The molecule has 0 aromatic heterocycles. The maximum Gasteiger partial charge on any atom is 0.0406 e. The SMILES string of the molecule is CCCCCCCNC(CC)c1ccc(Cl)cc1. The Morgan fingerprint density at radius 3 is 2.28 bits per heavy atom. The fourth-order valence-corrected chi connectivity index (χ4v) is 2.32. The van der Waals surface area contributed by atoms with Gasteiger partial charge in [0.1, 0.15) is 0 Å². The molecule has 0 fully saturated rings. The van der Waals surface area contributed by atoms with Gasteiger partial charge in [-0.1, -0.05) is 63.3 Å². The molecule has 102 valence electrons. The van der Waals surface area contributed by atoms with Gasteiger partial charge in [-0.15, -0.1) is 0 Å². The van der Waals surface area contributed by atoms with Crippen LogP contribution in [-0.2, 0) is 0 Å². The second-order valence-corrected chi connectivity index (χ2v) is 5.32. The van der Waals surface area contributed by atoms with Crippen LogP contribution in [0.5, 0.6) is 0 Å². The lowest BCUT2D eigenvalue weighted by Gasteiger charge is -2.17. The van der Waals surface area contributed by atoms with E-state index >= 15 is 0 Å². The minimum absolute atomic E-state index is 0.466. The Hall–Kier alpha value is -0.530. The van der Waals surface area contributed by atoms with E-state index in [2.05, 4.69) is 31.3 Å².